The number of nitrogens with two attached hydrogens (primary N) is 1. The van der Waals surface area contributed by atoms with Gasteiger partial charge in [0.15, 0.2) is 11.0 Å². The summed E-state index contributed by atoms with van der Waals surface area (Å²) >= 11 is 5.64. The van der Waals surface area contributed by atoms with Gasteiger partial charge < -0.3 is 11.1 Å². The molecule has 1 amide bonds. The maximum absolute atomic E-state index is 11.2. The van der Waals surface area contributed by atoms with Gasteiger partial charge in [-0.3, -0.25) is 9.48 Å². The molecule has 0 aliphatic heterocycles. The van der Waals surface area contributed by atoms with Gasteiger partial charge in [-0.2, -0.15) is 0 Å². The molecule has 0 spiro atoms. The maximum Gasteiger partial charge on any atom is 0.252 e. The lowest BCUT2D eigenvalue weighted by Gasteiger charge is -2.07. The zero-order valence-corrected chi connectivity index (χ0v) is 10.0. The van der Waals surface area contributed by atoms with Crippen molar-refractivity contribution >= 4 is 23.3 Å². The Balaban J connectivity index is 2.02. The summed E-state index contributed by atoms with van der Waals surface area (Å²) in [6, 6.07) is 1.37. The zero-order valence-electron chi connectivity index (χ0n) is 9.25. The van der Waals surface area contributed by atoms with Crippen molar-refractivity contribution in [2.75, 3.05) is 11.9 Å². The number of nitrogens with zero attached hydrogens (tertiary/aromatic N) is 5. The van der Waals surface area contributed by atoms with E-state index in [1.165, 1.54) is 6.07 Å². The number of anilines is 1. The summed E-state index contributed by atoms with van der Waals surface area (Å²) in [7, 11) is 0. The number of hydrogen-bond donors (Lipinski definition) is 2. The van der Waals surface area contributed by atoms with Crippen LogP contribution in [-0.4, -0.2) is 37.6 Å². The van der Waals surface area contributed by atoms with Gasteiger partial charge in [0.2, 0.25) is 0 Å². The molecule has 0 fully saturated rings. The number of hydrogen-bond acceptors (Lipinski definition) is 6. The zero-order chi connectivity index (χ0) is 13.0. The molecule has 2 aromatic heterocycles. The first kappa shape index (κ1) is 12.2. The summed E-state index contributed by atoms with van der Waals surface area (Å²) in [6.07, 6.45) is 3.31. The van der Waals surface area contributed by atoms with E-state index in [4.69, 9.17) is 17.3 Å². The first-order valence-corrected chi connectivity index (χ1v) is 5.45. The van der Waals surface area contributed by atoms with Crippen LogP contribution in [0.1, 0.15) is 10.4 Å². The monoisotopic (exact) mass is 267 g/mol. The molecule has 0 aliphatic rings. The molecular weight excluding hydrogens is 258 g/mol. The predicted octanol–water partition coefficient (Wildman–Crippen LogP) is -0.0675. The van der Waals surface area contributed by atoms with E-state index in [-0.39, 0.29) is 10.7 Å². The highest BCUT2D eigenvalue weighted by atomic mass is 35.5. The number of halogens is 1. The molecule has 0 radical (unpaired) electrons. The number of carbonyl (C=O) groups is 1. The van der Waals surface area contributed by atoms with Crippen LogP contribution in [0.5, 0.6) is 0 Å². The second-order valence-corrected chi connectivity index (χ2v) is 3.77. The third-order valence-corrected chi connectivity index (χ3v) is 2.32. The summed E-state index contributed by atoms with van der Waals surface area (Å²) in [5, 5.41) is 17.9. The van der Waals surface area contributed by atoms with Gasteiger partial charge in [0, 0.05) is 12.7 Å². The van der Waals surface area contributed by atoms with Crippen LogP contribution >= 0.6 is 11.6 Å². The third-order valence-electron chi connectivity index (χ3n) is 2.13. The molecule has 0 aromatic carbocycles. The van der Waals surface area contributed by atoms with Crippen molar-refractivity contribution in [1.29, 1.82) is 0 Å². The van der Waals surface area contributed by atoms with Crippen LogP contribution in [0, 0.1) is 0 Å². The van der Waals surface area contributed by atoms with E-state index in [1.54, 1.807) is 17.1 Å². The van der Waals surface area contributed by atoms with Gasteiger partial charge in [-0.1, -0.05) is 16.8 Å². The summed E-state index contributed by atoms with van der Waals surface area (Å²) in [5.41, 5.74) is 5.42. The largest absolute Gasteiger partial charge is 0.366 e. The van der Waals surface area contributed by atoms with Crippen LogP contribution in [0.25, 0.3) is 0 Å². The molecule has 0 bridgehead atoms. The first-order valence-electron chi connectivity index (χ1n) is 5.08. The molecule has 2 heterocycles. The molecule has 94 valence electrons. The summed E-state index contributed by atoms with van der Waals surface area (Å²) in [4.78, 5) is 11.2. The van der Waals surface area contributed by atoms with Gasteiger partial charge in [-0.05, 0) is 6.07 Å². The van der Waals surface area contributed by atoms with Crippen molar-refractivity contribution in [1.82, 2.24) is 25.2 Å². The standard InChI is InChI=1S/C9H10ClN7O/c10-7-5-6(8(11)18)9(15-14-7)12-1-3-17-4-2-13-16-17/h2,4-5H,1,3H2,(H2,11,18)(H,12,15). The molecule has 0 saturated carbocycles. The highest BCUT2D eigenvalue weighted by molar-refractivity contribution is 6.29. The number of aromatic nitrogens is 5. The van der Waals surface area contributed by atoms with E-state index in [0.29, 0.717) is 18.9 Å². The Bertz CT molecular complexity index is 542. The average Bonchev–Trinajstić information content (AvgIpc) is 2.84. The lowest BCUT2D eigenvalue weighted by atomic mass is 10.2. The van der Waals surface area contributed by atoms with Crippen molar-refractivity contribution < 1.29 is 4.79 Å². The fraction of sp³-hybridized carbons (Fsp3) is 0.222. The lowest BCUT2D eigenvalue weighted by Crippen LogP contribution is -2.18. The molecule has 0 aliphatic carbocycles. The normalized spacial score (nSPS) is 10.3. The minimum absolute atomic E-state index is 0.116. The topological polar surface area (TPSA) is 112 Å². The molecule has 2 rings (SSSR count). The first-order chi connectivity index (χ1) is 8.66. The summed E-state index contributed by atoms with van der Waals surface area (Å²) in [6.45, 7) is 1.07. The van der Waals surface area contributed by atoms with Crippen LogP contribution in [0.15, 0.2) is 18.5 Å². The number of primary amides is 1. The van der Waals surface area contributed by atoms with Crippen LogP contribution in [-0.2, 0) is 6.54 Å². The number of carbonyl (C=O) groups excluding carboxylic acids is 1. The number of amides is 1. The molecule has 2 aromatic rings. The van der Waals surface area contributed by atoms with Crippen molar-refractivity contribution in [2.24, 2.45) is 5.73 Å². The van der Waals surface area contributed by atoms with Gasteiger partial charge in [0.05, 0.1) is 18.3 Å². The second kappa shape index (κ2) is 5.41. The Morgan fingerprint density at radius 1 is 1.50 bits per heavy atom. The fourth-order valence-electron chi connectivity index (χ4n) is 1.33. The van der Waals surface area contributed by atoms with Crippen LogP contribution in [0.3, 0.4) is 0 Å². The average molecular weight is 268 g/mol. The van der Waals surface area contributed by atoms with E-state index >= 15 is 0 Å². The highest BCUT2D eigenvalue weighted by Gasteiger charge is 2.11. The van der Waals surface area contributed by atoms with Crippen molar-refractivity contribution in [3.63, 3.8) is 0 Å². The molecule has 18 heavy (non-hydrogen) atoms. The van der Waals surface area contributed by atoms with E-state index in [2.05, 4.69) is 25.8 Å². The molecular formula is C9H10ClN7O. The minimum atomic E-state index is -0.616. The Kier molecular flexibility index (Phi) is 3.68. The lowest BCUT2D eigenvalue weighted by molar-refractivity contribution is 0.100. The Hall–Kier alpha value is -2.22. The molecule has 3 N–H and O–H groups in total. The van der Waals surface area contributed by atoms with E-state index in [9.17, 15) is 4.79 Å². The smallest absolute Gasteiger partial charge is 0.252 e. The third kappa shape index (κ3) is 2.92. The van der Waals surface area contributed by atoms with Gasteiger partial charge in [-0.15, -0.1) is 15.3 Å². The maximum atomic E-state index is 11.2. The number of nitrogens with one attached hydrogen (secondary N) is 1. The molecule has 0 saturated heterocycles. The second-order valence-electron chi connectivity index (χ2n) is 3.39. The van der Waals surface area contributed by atoms with Gasteiger partial charge in [-0.25, -0.2) is 0 Å². The van der Waals surface area contributed by atoms with Crippen LogP contribution < -0.4 is 11.1 Å². The Labute approximate surface area is 107 Å². The van der Waals surface area contributed by atoms with Crippen molar-refractivity contribution in [3.05, 3.63) is 29.2 Å². The van der Waals surface area contributed by atoms with Gasteiger partial charge in [0.25, 0.3) is 5.91 Å². The molecule has 0 atom stereocenters. The highest BCUT2D eigenvalue weighted by Crippen LogP contribution is 2.14. The summed E-state index contributed by atoms with van der Waals surface area (Å²) < 4.78 is 1.64. The van der Waals surface area contributed by atoms with Crippen LogP contribution in [0.2, 0.25) is 5.15 Å². The fourth-order valence-corrected chi connectivity index (χ4v) is 1.47. The SMILES string of the molecule is NC(=O)c1cc(Cl)nnc1NCCn1ccnn1. The Morgan fingerprint density at radius 3 is 3.00 bits per heavy atom. The quantitative estimate of drug-likeness (QED) is 0.784. The van der Waals surface area contributed by atoms with Gasteiger partial charge >= 0.3 is 0 Å². The summed E-state index contributed by atoms with van der Waals surface area (Å²) in [5.74, 6) is -0.318. The van der Waals surface area contributed by atoms with E-state index in [1.807, 2.05) is 0 Å². The Morgan fingerprint density at radius 2 is 2.33 bits per heavy atom. The number of rotatable bonds is 5. The minimum Gasteiger partial charge on any atom is -0.366 e. The molecule has 9 heteroatoms. The van der Waals surface area contributed by atoms with E-state index < -0.39 is 5.91 Å². The van der Waals surface area contributed by atoms with Crippen molar-refractivity contribution in [2.45, 2.75) is 6.54 Å². The predicted molar refractivity (Wildman–Crippen MR) is 64.1 cm³/mol. The molecule has 8 nitrogen and oxygen atoms in total. The van der Waals surface area contributed by atoms with Gasteiger partial charge in [0.1, 0.15) is 0 Å². The van der Waals surface area contributed by atoms with E-state index in [0.717, 1.165) is 0 Å². The van der Waals surface area contributed by atoms with Crippen LogP contribution in [0.4, 0.5) is 5.82 Å². The van der Waals surface area contributed by atoms with Crippen molar-refractivity contribution in [3.8, 4) is 0 Å². The molecule has 0 unspecified atom stereocenters.